The number of carbonyl (C=O) groups is 1. The number of aromatic nitrogens is 2. The molecule has 1 N–H and O–H groups in total. The molecule has 0 aromatic carbocycles. The van der Waals surface area contributed by atoms with Gasteiger partial charge < -0.3 is 4.74 Å². The molecule has 1 aromatic rings. The first-order valence-electron chi connectivity index (χ1n) is 5.19. The van der Waals surface area contributed by atoms with Gasteiger partial charge in [-0.25, -0.2) is 14.2 Å². The van der Waals surface area contributed by atoms with Crippen LogP contribution in [0.15, 0.2) is 9.59 Å². The van der Waals surface area contributed by atoms with Crippen LogP contribution in [-0.4, -0.2) is 21.2 Å². The predicted molar refractivity (Wildman–Crippen MR) is 62.4 cm³/mol. The molecular formula is C11H16N2O4. The highest BCUT2D eigenvalue weighted by atomic mass is 16.6. The molecule has 0 radical (unpaired) electrons. The summed E-state index contributed by atoms with van der Waals surface area (Å²) in [5, 5.41) is 0. The highest BCUT2D eigenvalue weighted by Crippen LogP contribution is 2.09. The van der Waals surface area contributed by atoms with Gasteiger partial charge in [0.2, 0.25) is 0 Å². The Kier molecular flexibility index (Phi) is 3.26. The molecule has 1 rings (SSSR count). The fourth-order valence-corrected chi connectivity index (χ4v) is 1.26. The Morgan fingerprint density at radius 2 is 1.76 bits per heavy atom. The Bertz CT molecular complexity index is 560. The van der Waals surface area contributed by atoms with Gasteiger partial charge in [-0.3, -0.25) is 9.78 Å². The van der Waals surface area contributed by atoms with Gasteiger partial charge >= 0.3 is 11.8 Å². The number of hydrogen-bond acceptors (Lipinski definition) is 4. The van der Waals surface area contributed by atoms with Crippen molar-refractivity contribution in [3.63, 3.8) is 0 Å². The summed E-state index contributed by atoms with van der Waals surface area (Å²) in [5.41, 5.74) is -1.38. The van der Waals surface area contributed by atoms with E-state index in [1.807, 2.05) is 0 Å². The molecule has 0 atom stereocenters. The van der Waals surface area contributed by atoms with Gasteiger partial charge in [-0.2, -0.15) is 0 Å². The smallest absolute Gasteiger partial charge is 0.422 e. The molecule has 94 valence electrons. The van der Waals surface area contributed by atoms with Crippen LogP contribution in [0.5, 0.6) is 0 Å². The van der Waals surface area contributed by atoms with Crippen LogP contribution in [0.1, 0.15) is 32.0 Å². The standard InChI is InChI=1S/C11H16N2O4/c1-6-7(2)13(9(15)12-8(6)14)10(16)17-11(3,4)5/h1-5H3,(H,12,14,15). The summed E-state index contributed by atoms with van der Waals surface area (Å²) in [6.45, 7) is 8.15. The van der Waals surface area contributed by atoms with E-state index in [1.165, 1.54) is 13.8 Å². The Morgan fingerprint density at radius 3 is 2.24 bits per heavy atom. The normalized spacial score (nSPS) is 11.4. The molecule has 6 nitrogen and oxygen atoms in total. The van der Waals surface area contributed by atoms with Crippen LogP contribution in [0.4, 0.5) is 4.79 Å². The number of nitrogens with one attached hydrogen (secondary N) is 1. The lowest BCUT2D eigenvalue weighted by molar-refractivity contribution is 0.0524. The van der Waals surface area contributed by atoms with Crippen LogP contribution in [0, 0.1) is 13.8 Å². The summed E-state index contributed by atoms with van der Waals surface area (Å²) in [4.78, 5) is 36.7. The third-order valence-corrected chi connectivity index (χ3v) is 2.22. The van der Waals surface area contributed by atoms with Gasteiger partial charge in [0.15, 0.2) is 0 Å². The summed E-state index contributed by atoms with van der Waals surface area (Å²) in [5.74, 6) is 0. The fourth-order valence-electron chi connectivity index (χ4n) is 1.26. The Morgan fingerprint density at radius 1 is 1.24 bits per heavy atom. The van der Waals surface area contributed by atoms with Crippen molar-refractivity contribution in [2.24, 2.45) is 0 Å². The molecule has 0 fully saturated rings. The summed E-state index contributed by atoms with van der Waals surface area (Å²) in [6, 6.07) is 0. The van der Waals surface area contributed by atoms with Crippen LogP contribution in [0.2, 0.25) is 0 Å². The van der Waals surface area contributed by atoms with Gasteiger partial charge in [0.05, 0.1) is 0 Å². The minimum Gasteiger partial charge on any atom is -0.443 e. The van der Waals surface area contributed by atoms with Crippen molar-refractivity contribution < 1.29 is 9.53 Å². The van der Waals surface area contributed by atoms with E-state index < -0.39 is 22.9 Å². The lowest BCUT2D eigenvalue weighted by Gasteiger charge is -2.20. The van der Waals surface area contributed by atoms with E-state index in [0.717, 1.165) is 4.57 Å². The molecule has 0 spiro atoms. The molecule has 0 amide bonds. The molecule has 0 saturated carbocycles. The van der Waals surface area contributed by atoms with Crippen molar-refractivity contribution in [1.29, 1.82) is 0 Å². The summed E-state index contributed by atoms with van der Waals surface area (Å²) in [7, 11) is 0. The van der Waals surface area contributed by atoms with E-state index in [0.29, 0.717) is 5.56 Å². The van der Waals surface area contributed by atoms with Gasteiger partial charge in [-0.15, -0.1) is 0 Å². The fraction of sp³-hybridized carbons (Fsp3) is 0.545. The van der Waals surface area contributed by atoms with Crippen LogP contribution in [0.25, 0.3) is 0 Å². The second-order valence-electron chi connectivity index (χ2n) is 4.79. The van der Waals surface area contributed by atoms with Gasteiger partial charge in [0.25, 0.3) is 5.56 Å². The van der Waals surface area contributed by atoms with E-state index in [1.54, 1.807) is 20.8 Å². The van der Waals surface area contributed by atoms with Crippen molar-refractivity contribution in [3.8, 4) is 0 Å². The second-order valence-corrected chi connectivity index (χ2v) is 4.79. The maximum absolute atomic E-state index is 11.8. The summed E-state index contributed by atoms with van der Waals surface area (Å²) in [6.07, 6.45) is -0.792. The summed E-state index contributed by atoms with van der Waals surface area (Å²) < 4.78 is 5.90. The summed E-state index contributed by atoms with van der Waals surface area (Å²) >= 11 is 0. The molecule has 0 aliphatic heterocycles. The predicted octanol–water partition coefficient (Wildman–Crippen LogP) is 0.937. The highest BCUT2D eigenvalue weighted by Gasteiger charge is 2.21. The number of H-pyrrole nitrogens is 1. The van der Waals surface area contributed by atoms with E-state index in [4.69, 9.17) is 4.74 Å². The molecule has 0 aliphatic rings. The first-order valence-corrected chi connectivity index (χ1v) is 5.19. The Balaban J connectivity index is 3.34. The van der Waals surface area contributed by atoms with Crippen molar-refractivity contribution in [2.75, 3.05) is 0 Å². The molecular weight excluding hydrogens is 224 g/mol. The van der Waals surface area contributed by atoms with Crippen LogP contribution < -0.4 is 11.2 Å². The van der Waals surface area contributed by atoms with Gasteiger partial charge in [0, 0.05) is 11.3 Å². The number of carbonyl (C=O) groups excluding carboxylic acids is 1. The van der Waals surface area contributed by atoms with Crippen molar-refractivity contribution in [3.05, 3.63) is 32.1 Å². The number of nitrogens with zero attached hydrogens (tertiary/aromatic N) is 1. The average molecular weight is 240 g/mol. The van der Waals surface area contributed by atoms with Crippen LogP contribution >= 0.6 is 0 Å². The lowest BCUT2D eigenvalue weighted by atomic mass is 10.2. The molecule has 1 heterocycles. The molecule has 0 aliphatic carbocycles. The number of ether oxygens (including phenoxy) is 1. The number of hydrogen-bond donors (Lipinski definition) is 1. The Hall–Kier alpha value is -1.85. The topological polar surface area (TPSA) is 81.2 Å². The van der Waals surface area contributed by atoms with E-state index in [9.17, 15) is 14.4 Å². The van der Waals surface area contributed by atoms with Crippen molar-refractivity contribution in [1.82, 2.24) is 9.55 Å². The minimum atomic E-state index is -0.792. The third kappa shape index (κ3) is 2.83. The maximum atomic E-state index is 11.8. The van der Waals surface area contributed by atoms with Gasteiger partial charge in [0.1, 0.15) is 5.60 Å². The van der Waals surface area contributed by atoms with Gasteiger partial charge in [-0.1, -0.05) is 0 Å². The molecule has 0 bridgehead atoms. The number of rotatable bonds is 0. The minimum absolute atomic E-state index is 0.285. The average Bonchev–Trinajstić information content (AvgIpc) is 2.11. The SMILES string of the molecule is Cc1c(C)n(C(=O)OC(C)(C)C)c(=O)[nH]c1=O. The van der Waals surface area contributed by atoms with E-state index in [2.05, 4.69) is 4.98 Å². The molecule has 6 heteroatoms. The number of aromatic amines is 1. The molecule has 1 aromatic heterocycles. The van der Waals surface area contributed by atoms with Crippen LogP contribution in [0.3, 0.4) is 0 Å². The van der Waals surface area contributed by atoms with Gasteiger partial charge in [-0.05, 0) is 34.6 Å². The van der Waals surface area contributed by atoms with E-state index >= 15 is 0 Å². The zero-order valence-corrected chi connectivity index (χ0v) is 10.6. The highest BCUT2D eigenvalue weighted by molar-refractivity contribution is 5.71. The first kappa shape index (κ1) is 13.2. The lowest BCUT2D eigenvalue weighted by Crippen LogP contribution is -2.40. The monoisotopic (exact) mass is 240 g/mol. The molecule has 0 unspecified atom stereocenters. The van der Waals surface area contributed by atoms with Crippen LogP contribution in [-0.2, 0) is 4.74 Å². The Labute approximate surface area is 98.2 Å². The third-order valence-electron chi connectivity index (χ3n) is 2.22. The van der Waals surface area contributed by atoms with E-state index in [-0.39, 0.29) is 5.69 Å². The first-order chi connectivity index (χ1) is 7.63. The second kappa shape index (κ2) is 4.20. The quantitative estimate of drug-likeness (QED) is 0.731. The molecule has 0 saturated heterocycles. The maximum Gasteiger partial charge on any atom is 0.422 e. The largest absolute Gasteiger partial charge is 0.443 e. The zero-order valence-electron chi connectivity index (χ0n) is 10.6. The zero-order chi connectivity index (χ0) is 13.4. The van der Waals surface area contributed by atoms with Crippen molar-refractivity contribution >= 4 is 6.09 Å². The molecule has 17 heavy (non-hydrogen) atoms. The van der Waals surface area contributed by atoms with Crippen molar-refractivity contribution in [2.45, 2.75) is 40.2 Å².